The summed E-state index contributed by atoms with van der Waals surface area (Å²) < 4.78 is 0. The van der Waals surface area contributed by atoms with Gasteiger partial charge in [-0.15, -0.1) is 17.0 Å². The predicted octanol–water partition coefficient (Wildman–Crippen LogP) is 2.04. The lowest BCUT2D eigenvalue weighted by atomic mass is 10.2. The van der Waals surface area contributed by atoms with E-state index in [1.54, 1.807) is 12.4 Å². The summed E-state index contributed by atoms with van der Waals surface area (Å²) in [5, 5.41) is 32.5. The summed E-state index contributed by atoms with van der Waals surface area (Å²) in [6.07, 6.45) is 3.50. The molecule has 0 aromatic carbocycles. The second-order valence-corrected chi connectivity index (χ2v) is 2.22. The first-order valence-corrected chi connectivity index (χ1v) is 3.99. The molecule has 0 fully saturated rings. The third kappa shape index (κ3) is 7.28. The lowest BCUT2D eigenvalue weighted by molar-refractivity contribution is 1.33. The van der Waals surface area contributed by atoms with Crippen molar-refractivity contribution in [1.29, 1.82) is 21.0 Å². The molecule has 1 aromatic heterocycles. The van der Waals surface area contributed by atoms with Crippen molar-refractivity contribution < 1.29 is 0 Å². The SMILES string of the molecule is Br.N#CC(C#N)=C(C#N)C#N.c1ccncc1. The van der Waals surface area contributed by atoms with Crippen LogP contribution in [0.3, 0.4) is 0 Å². The van der Waals surface area contributed by atoms with Crippen molar-refractivity contribution in [3.05, 3.63) is 41.7 Å². The summed E-state index contributed by atoms with van der Waals surface area (Å²) >= 11 is 0. The van der Waals surface area contributed by atoms with E-state index >= 15 is 0 Å². The number of halogens is 1. The Kier molecular flexibility index (Phi) is 11.2. The standard InChI is InChI=1S/C6N4.C5H5N.BrH/c7-1-5(2-8)6(3-9)4-10;1-2-4-6-5-3-1;/h;1-5H;1H. The molecule has 1 rings (SSSR count). The second-order valence-electron chi connectivity index (χ2n) is 2.22. The van der Waals surface area contributed by atoms with Crippen molar-refractivity contribution in [2.45, 2.75) is 0 Å². The minimum atomic E-state index is -0.440. The van der Waals surface area contributed by atoms with E-state index in [1.165, 1.54) is 24.3 Å². The van der Waals surface area contributed by atoms with Crippen molar-refractivity contribution in [3.63, 3.8) is 0 Å². The van der Waals surface area contributed by atoms with E-state index in [0.717, 1.165) is 0 Å². The minimum absolute atomic E-state index is 0. The van der Waals surface area contributed by atoms with Crippen LogP contribution in [0, 0.1) is 45.3 Å². The zero-order valence-corrected chi connectivity index (χ0v) is 10.2. The fourth-order valence-corrected chi connectivity index (χ4v) is 0.586. The van der Waals surface area contributed by atoms with Crippen LogP contribution in [0.2, 0.25) is 0 Å². The molecule has 1 aromatic rings. The van der Waals surface area contributed by atoms with Gasteiger partial charge < -0.3 is 0 Å². The number of nitriles is 4. The predicted molar refractivity (Wildman–Crippen MR) is 64.0 cm³/mol. The van der Waals surface area contributed by atoms with Crippen LogP contribution < -0.4 is 0 Å². The van der Waals surface area contributed by atoms with Crippen molar-refractivity contribution in [3.8, 4) is 24.3 Å². The van der Waals surface area contributed by atoms with E-state index < -0.39 is 11.1 Å². The van der Waals surface area contributed by atoms with E-state index in [1.807, 2.05) is 18.2 Å². The normalized spacial score (nSPS) is 6.12. The molecule has 6 heteroatoms. The topological polar surface area (TPSA) is 108 Å². The van der Waals surface area contributed by atoms with Gasteiger partial charge in [0.05, 0.1) is 0 Å². The van der Waals surface area contributed by atoms with Gasteiger partial charge in [-0.25, -0.2) is 0 Å². The van der Waals surface area contributed by atoms with E-state index in [0.29, 0.717) is 0 Å². The summed E-state index contributed by atoms with van der Waals surface area (Å²) in [6.45, 7) is 0. The Balaban J connectivity index is 0. The highest BCUT2D eigenvalue weighted by Gasteiger charge is 2.01. The van der Waals surface area contributed by atoms with Crippen LogP contribution in [0.15, 0.2) is 41.7 Å². The Hall–Kier alpha value is -2.67. The van der Waals surface area contributed by atoms with Crippen molar-refractivity contribution in [2.75, 3.05) is 0 Å². The average molecular weight is 288 g/mol. The van der Waals surface area contributed by atoms with Gasteiger partial charge in [0.1, 0.15) is 24.3 Å². The molecule has 0 saturated heterocycles. The number of aromatic nitrogens is 1. The van der Waals surface area contributed by atoms with Gasteiger partial charge >= 0.3 is 0 Å². The number of allylic oxidation sites excluding steroid dienone is 2. The number of hydrogen-bond donors (Lipinski definition) is 0. The van der Waals surface area contributed by atoms with Gasteiger partial charge in [-0.05, 0) is 12.1 Å². The molecule has 0 spiro atoms. The van der Waals surface area contributed by atoms with E-state index in [4.69, 9.17) is 21.0 Å². The Morgan fingerprint density at radius 2 is 1.06 bits per heavy atom. The fourth-order valence-electron chi connectivity index (χ4n) is 0.586. The van der Waals surface area contributed by atoms with Crippen molar-refractivity contribution in [1.82, 2.24) is 4.98 Å². The molecule has 0 saturated carbocycles. The third-order valence-electron chi connectivity index (χ3n) is 1.26. The molecular weight excluding hydrogens is 282 g/mol. The second kappa shape index (κ2) is 11.4. The minimum Gasteiger partial charge on any atom is -0.265 e. The summed E-state index contributed by atoms with van der Waals surface area (Å²) in [6, 6.07) is 11.4. The summed E-state index contributed by atoms with van der Waals surface area (Å²) in [5.41, 5.74) is -0.880. The van der Waals surface area contributed by atoms with Crippen molar-refractivity contribution >= 4 is 17.0 Å². The largest absolute Gasteiger partial charge is 0.265 e. The molecule has 0 aliphatic rings. The molecule has 0 unspecified atom stereocenters. The van der Waals surface area contributed by atoms with Gasteiger partial charge in [-0.2, -0.15) is 21.0 Å². The molecular formula is C11H6BrN5. The average Bonchev–Trinajstić information content (AvgIpc) is 2.38. The van der Waals surface area contributed by atoms with Crippen LogP contribution in [0.25, 0.3) is 0 Å². The van der Waals surface area contributed by atoms with Crippen LogP contribution in [-0.2, 0) is 0 Å². The molecule has 17 heavy (non-hydrogen) atoms. The zero-order valence-electron chi connectivity index (χ0n) is 8.53. The molecule has 0 atom stereocenters. The van der Waals surface area contributed by atoms with Crippen LogP contribution in [0.4, 0.5) is 0 Å². The number of rotatable bonds is 0. The first kappa shape index (κ1) is 16.7. The molecule has 0 aliphatic heterocycles. The van der Waals surface area contributed by atoms with Gasteiger partial charge in [0.15, 0.2) is 11.1 Å². The molecule has 0 radical (unpaired) electrons. The number of nitrogens with zero attached hydrogens (tertiary/aromatic N) is 5. The molecule has 82 valence electrons. The Morgan fingerprint density at radius 1 is 0.706 bits per heavy atom. The number of pyridine rings is 1. The third-order valence-corrected chi connectivity index (χ3v) is 1.26. The Labute approximate surface area is 109 Å². The first-order chi connectivity index (χ1) is 7.79. The Bertz CT molecular complexity index is 429. The molecule has 0 bridgehead atoms. The number of hydrogen-bond acceptors (Lipinski definition) is 5. The fraction of sp³-hybridized carbons (Fsp3) is 0. The molecule has 0 N–H and O–H groups in total. The van der Waals surface area contributed by atoms with Crippen LogP contribution in [-0.4, -0.2) is 4.98 Å². The highest BCUT2D eigenvalue weighted by Crippen LogP contribution is 1.98. The van der Waals surface area contributed by atoms with Gasteiger partial charge in [-0.1, -0.05) is 6.07 Å². The van der Waals surface area contributed by atoms with E-state index in [2.05, 4.69) is 4.98 Å². The lowest BCUT2D eigenvalue weighted by Crippen LogP contribution is -1.79. The maximum Gasteiger partial charge on any atom is 0.158 e. The Morgan fingerprint density at radius 3 is 1.18 bits per heavy atom. The maximum atomic E-state index is 8.13. The highest BCUT2D eigenvalue weighted by molar-refractivity contribution is 8.93. The quantitative estimate of drug-likeness (QED) is 0.678. The first-order valence-electron chi connectivity index (χ1n) is 3.99. The van der Waals surface area contributed by atoms with Gasteiger partial charge in [0, 0.05) is 12.4 Å². The molecule has 1 heterocycles. The van der Waals surface area contributed by atoms with Crippen molar-refractivity contribution in [2.24, 2.45) is 0 Å². The van der Waals surface area contributed by atoms with E-state index in [-0.39, 0.29) is 17.0 Å². The maximum absolute atomic E-state index is 8.13. The molecule has 5 nitrogen and oxygen atoms in total. The zero-order chi connectivity index (χ0) is 12.2. The summed E-state index contributed by atoms with van der Waals surface area (Å²) in [7, 11) is 0. The monoisotopic (exact) mass is 287 g/mol. The van der Waals surface area contributed by atoms with Crippen LogP contribution in [0.1, 0.15) is 0 Å². The lowest BCUT2D eigenvalue weighted by Gasteiger charge is -1.76. The van der Waals surface area contributed by atoms with Gasteiger partial charge in [0.2, 0.25) is 0 Å². The summed E-state index contributed by atoms with van der Waals surface area (Å²) in [4.78, 5) is 3.78. The van der Waals surface area contributed by atoms with Gasteiger partial charge in [0.25, 0.3) is 0 Å². The highest BCUT2D eigenvalue weighted by atomic mass is 79.9. The summed E-state index contributed by atoms with van der Waals surface area (Å²) in [5.74, 6) is 0. The van der Waals surface area contributed by atoms with Crippen LogP contribution in [0.5, 0.6) is 0 Å². The molecule has 0 aliphatic carbocycles. The molecule has 0 amide bonds. The smallest absolute Gasteiger partial charge is 0.158 e. The van der Waals surface area contributed by atoms with Crippen LogP contribution >= 0.6 is 17.0 Å². The van der Waals surface area contributed by atoms with E-state index in [9.17, 15) is 0 Å². The van der Waals surface area contributed by atoms with Gasteiger partial charge in [-0.3, -0.25) is 4.98 Å².